The number of hydrogen-bond donors (Lipinski definition) is 1. The molecule has 0 bridgehead atoms. The number of thioether (sulfide) groups is 1. The lowest BCUT2D eigenvalue weighted by Crippen LogP contribution is -2.33. The Morgan fingerprint density at radius 1 is 1.50 bits per heavy atom. The lowest BCUT2D eigenvalue weighted by atomic mass is 9.91. The van der Waals surface area contributed by atoms with Gasteiger partial charge in [-0.25, -0.2) is 0 Å². The highest BCUT2D eigenvalue weighted by molar-refractivity contribution is 7.98. The van der Waals surface area contributed by atoms with Crippen LogP contribution in [0.25, 0.3) is 0 Å². The molecule has 0 aliphatic carbocycles. The second kappa shape index (κ2) is 7.14. The predicted octanol–water partition coefficient (Wildman–Crippen LogP) is 2.66. The van der Waals surface area contributed by atoms with E-state index in [-0.39, 0.29) is 5.41 Å². The topological polar surface area (TPSA) is 35.8 Å². The third-order valence-corrected chi connectivity index (χ3v) is 3.08. The smallest absolute Gasteiger partial charge is 0.0684 e. The molecule has 1 atom stereocenters. The zero-order valence-corrected chi connectivity index (χ0v) is 10.6. The van der Waals surface area contributed by atoms with E-state index in [4.69, 9.17) is 5.26 Å². The van der Waals surface area contributed by atoms with Crippen molar-refractivity contribution < 1.29 is 0 Å². The van der Waals surface area contributed by atoms with Crippen molar-refractivity contribution in [2.24, 2.45) is 5.41 Å². The van der Waals surface area contributed by atoms with Crippen LogP contribution in [0.2, 0.25) is 0 Å². The molecule has 82 valence electrons. The maximum Gasteiger partial charge on any atom is 0.0684 e. The summed E-state index contributed by atoms with van der Waals surface area (Å²) in [5, 5.41) is 12.3. The summed E-state index contributed by atoms with van der Waals surface area (Å²) in [5.74, 6) is 1.16. The Bertz CT molecular complexity index is 184. The van der Waals surface area contributed by atoms with Crippen molar-refractivity contribution in [3.63, 3.8) is 0 Å². The Labute approximate surface area is 92.5 Å². The van der Waals surface area contributed by atoms with E-state index in [1.165, 1.54) is 0 Å². The zero-order valence-electron chi connectivity index (χ0n) is 9.76. The Balaban J connectivity index is 3.67. The Morgan fingerprint density at radius 2 is 2.14 bits per heavy atom. The van der Waals surface area contributed by atoms with E-state index >= 15 is 0 Å². The Kier molecular flexibility index (Phi) is 7.04. The van der Waals surface area contributed by atoms with Gasteiger partial charge in [-0.15, -0.1) is 0 Å². The van der Waals surface area contributed by atoms with Crippen LogP contribution >= 0.6 is 11.8 Å². The number of nitriles is 1. The SMILES string of the molecule is CCC(CSC)NCCC(C)(C)C#N. The van der Waals surface area contributed by atoms with E-state index in [9.17, 15) is 0 Å². The third kappa shape index (κ3) is 6.28. The van der Waals surface area contributed by atoms with E-state index in [0.29, 0.717) is 6.04 Å². The minimum absolute atomic E-state index is 0.190. The highest BCUT2D eigenvalue weighted by Crippen LogP contribution is 2.17. The van der Waals surface area contributed by atoms with Gasteiger partial charge in [0, 0.05) is 11.8 Å². The lowest BCUT2D eigenvalue weighted by Gasteiger charge is -2.19. The van der Waals surface area contributed by atoms with Crippen molar-refractivity contribution in [1.29, 1.82) is 5.26 Å². The largest absolute Gasteiger partial charge is 0.313 e. The first-order valence-corrected chi connectivity index (χ1v) is 6.58. The van der Waals surface area contributed by atoms with Crippen LogP contribution in [0.4, 0.5) is 0 Å². The van der Waals surface area contributed by atoms with Crippen LogP contribution in [-0.2, 0) is 0 Å². The van der Waals surface area contributed by atoms with Crippen LogP contribution in [0.15, 0.2) is 0 Å². The van der Waals surface area contributed by atoms with Crippen LogP contribution in [0.3, 0.4) is 0 Å². The second-order valence-electron chi connectivity index (χ2n) is 4.26. The molecule has 0 heterocycles. The normalized spacial score (nSPS) is 13.6. The average Bonchev–Trinajstić information content (AvgIpc) is 2.16. The summed E-state index contributed by atoms with van der Waals surface area (Å²) in [4.78, 5) is 0. The van der Waals surface area contributed by atoms with Crippen molar-refractivity contribution in [1.82, 2.24) is 5.32 Å². The third-order valence-electron chi connectivity index (χ3n) is 2.35. The molecule has 0 fully saturated rings. The first kappa shape index (κ1) is 13.8. The lowest BCUT2D eigenvalue weighted by molar-refractivity contribution is 0.412. The van der Waals surface area contributed by atoms with Gasteiger partial charge in [0.15, 0.2) is 0 Å². The standard InChI is InChI=1S/C11H22N2S/c1-5-10(8-14-4)13-7-6-11(2,3)9-12/h10,13H,5-8H2,1-4H3. The van der Waals surface area contributed by atoms with Gasteiger partial charge in [0.25, 0.3) is 0 Å². The van der Waals surface area contributed by atoms with Crippen LogP contribution in [-0.4, -0.2) is 24.6 Å². The van der Waals surface area contributed by atoms with Crippen molar-refractivity contribution in [2.75, 3.05) is 18.6 Å². The fourth-order valence-corrected chi connectivity index (χ4v) is 1.92. The van der Waals surface area contributed by atoms with Crippen molar-refractivity contribution in [2.45, 2.75) is 39.7 Å². The molecule has 3 heteroatoms. The fourth-order valence-electron chi connectivity index (χ4n) is 1.17. The Morgan fingerprint density at radius 3 is 2.57 bits per heavy atom. The molecule has 0 saturated carbocycles. The van der Waals surface area contributed by atoms with Gasteiger partial charge < -0.3 is 5.32 Å². The summed E-state index contributed by atoms with van der Waals surface area (Å²) in [6.45, 7) is 7.12. The first-order chi connectivity index (χ1) is 6.55. The molecule has 0 rings (SSSR count). The van der Waals surface area contributed by atoms with E-state index in [1.807, 2.05) is 25.6 Å². The highest BCUT2D eigenvalue weighted by Gasteiger charge is 2.16. The van der Waals surface area contributed by atoms with E-state index < -0.39 is 0 Å². The quantitative estimate of drug-likeness (QED) is 0.708. The monoisotopic (exact) mass is 214 g/mol. The average molecular weight is 214 g/mol. The minimum atomic E-state index is -0.190. The number of nitrogens with one attached hydrogen (secondary N) is 1. The minimum Gasteiger partial charge on any atom is -0.313 e. The van der Waals surface area contributed by atoms with Crippen LogP contribution < -0.4 is 5.32 Å². The van der Waals surface area contributed by atoms with Crippen molar-refractivity contribution in [3.8, 4) is 6.07 Å². The fraction of sp³-hybridized carbons (Fsp3) is 0.909. The summed E-state index contributed by atoms with van der Waals surface area (Å²) >= 11 is 1.87. The molecular formula is C11H22N2S. The molecule has 2 nitrogen and oxygen atoms in total. The molecule has 0 spiro atoms. The summed E-state index contributed by atoms with van der Waals surface area (Å²) in [6.07, 6.45) is 4.21. The summed E-state index contributed by atoms with van der Waals surface area (Å²) in [7, 11) is 0. The van der Waals surface area contributed by atoms with Crippen LogP contribution in [0.5, 0.6) is 0 Å². The van der Waals surface area contributed by atoms with Crippen molar-refractivity contribution in [3.05, 3.63) is 0 Å². The molecule has 1 N–H and O–H groups in total. The molecule has 0 aliphatic rings. The van der Waals surface area contributed by atoms with Gasteiger partial charge in [-0.2, -0.15) is 17.0 Å². The molecule has 1 unspecified atom stereocenters. The Hall–Kier alpha value is -0.200. The van der Waals surface area contributed by atoms with Crippen LogP contribution in [0.1, 0.15) is 33.6 Å². The predicted molar refractivity (Wildman–Crippen MR) is 64.5 cm³/mol. The molecule has 0 aromatic rings. The van der Waals surface area contributed by atoms with Gasteiger partial charge in [-0.1, -0.05) is 6.92 Å². The first-order valence-electron chi connectivity index (χ1n) is 5.19. The van der Waals surface area contributed by atoms with E-state index in [2.05, 4.69) is 24.6 Å². The summed E-state index contributed by atoms with van der Waals surface area (Å²) < 4.78 is 0. The molecule has 0 saturated heterocycles. The number of nitrogens with zero attached hydrogens (tertiary/aromatic N) is 1. The zero-order chi connectivity index (χ0) is 11.0. The maximum absolute atomic E-state index is 8.84. The van der Waals surface area contributed by atoms with E-state index in [1.54, 1.807) is 0 Å². The van der Waals surface area contributed by atoms with Crippen molar-refractivity contribution >= 4 is 11.8 Å². The second-order valence-corrected chi connectivity index (χ2v) is 5.17. The molecule has 0 aromatic carbocycles. The number of rotatable bonds is 7. The molecule has 0 aromatic heterocycles. The number of hydrogen-bond acceptors (Lipinski definition) is 3. The van der Waals surface area contributed by atoms with Crippen LogP contribution in [0, 0.1) is 16.7 Å². The molecular weight excluding hydrogens is 192 g/mol. The molecule has 0 radical (unpaired) electrons. The highest BCUT2D eigenvalue weighted by atomic mass is 32.2. The molecule has 0 aliphatic heterocycles. The van der Waals surface area contributed by atoms with Gasteiger partial charge in [-0.05, 0) is 39.5 Å². The van der Waals surface area contributed by atoms with Gasteiger partial charge in [-0.3, -0.25) is 0 Å². The summed E-state index contributed by atoms with van der Waals surface area (Å²) in [6, 6.07) is 2.92. The summed E-state index contributed by atoms with van der Waals surface area (Å²) in [5.41, 5.74) is -0.190. The van der Waals surface area contributed by atoms with Gasteiger partial charge in [0.2, 0.25) is 0 Å². The maximum atomic E-state index is 8.84. The van der Waals surface area contributed by atoms with Gasteiger partial charge in [0.05, 0.1) is 11.5 Å². The van der Waals surface area contributed by atoms with Gasteiger partial charge >= 0.3 is 0 Å². The van der Waals surface area contributed by atoms with Gasteiger partial charge in [0.1, 0.15) is 0 Å². The molecule has 0 amide bonds. The molecule has 14 heavy (non-hydrogen) atoms. The van der Waals surface area contributed by atoms with E-state index in [0.717, 1.165) is 25.1 Å².